The summed E-state index contributed by atoms with van der Waals surface area (Å²) in [6, 6.07) is 13.0. The van der Waals surface area contributed by atoms with Crippen molar-refractivity contribution in [2.45, 2.75) is 25.4 Å². The van der Waals surface area contributed by atoms with E-state index in [0.29, 0.717) is 0 Å². The normalized spacial score (nSPS) is 19.8. The number of aromatic amines is 1. The molecule has 2 aromatic carbocycles. The number of H-pyrrole nitrogens is 1. The second kappa shape index (κ2) is 5.04. The number of rotatable bonds is 1. The molecule has 4 rings (SSSR count). The quantitative estimate of drug-likeness (QED) is 0.582. The third-order valence-corrected chi connectivity index (χ3v) is 5.07. The van der Waals surface area contributed by atoms with Crippen LogP contribution in [0.2, 0.25) is 0 Å². The lowest BCUT2D eigenvalue weighted by Gasteiger charge is -2.23. The van der Waals surface area contributed by atoms with Gasteiger partial charge in [0.25, 0.3) is 0 Å². The van der Waals surface area contributed by atoms with Crippen molar-refractivity contribution in [2.75, 3.05) is 6.61 Å². The average Bonchev–Trinajstić information content (AvgIpc) is 2.88. The second-order valence-corrected chi connectivity index (χ2v) is 6.57. The van der Waals surface area contributed by atoms with Gasteiger partial charge in [0, 0.05) is 32.0 Å². The van der Waals surface area contributed by atoms with Gasteiger partial charge in [-0.15, -0.1) is 0 Å². The molecule has 1 atom stereocenters. The van der Waals surface area contributed by atoms with Crippen LogP contribution in [0.1, 0.15) is 30.9 Å². The van der Waals surface area contributed by atoms with Crippen LogP contribution in [0.5, 0.6) is 0 Å². The van der Waals surface area contributed by atoms with Crippen molar-refractivity contribution >= 4 is 44.4 Å². The van der Waals surface area contributed by atoms with Crippen LogP contribution in [0.15, 0.2) is 36.4 Å². The van der Waals surface area contributed by atoms with Crippen molar-refractivity contribution < 1.29 is 4.74 Å². The predicted molar refractivity (Wildman–Crippen MR) is 91.1 cm³/mol. The minimum atomic E-state index is 0.247. The monoisotopic (exact) mass is 377 g/mol. The van der Waals surface area contributed by atoms with Crippen molar-refractivity contribution in [2.24, 2.45) is 0 Å². The molecule has 3 heteroatoms. The van der Waals surface area contributed by atoms with Crippen LogP contribution in [0.3, 0.4) is 0 Å². The van der Waals surface area contributed by atoms with E-state index in [1.165, 1.54) is 43.8 Å². The van der Waals surface area contributed by atoms with Gasteiger partial charge in [-0.05, 0) is 54.0 Å². The lowest BCUT2D eigenvalue weighted by Crippen LogP contribution is -2.11. The van der Waals surface area contributed by atoms with Crippen LogP contribution in [0, 0.1) is 3.57 Å². The molecule has 0 aliphatic carbocycles. The predicted octanol–water partition coefficient (Wildman–Crippen LogP) is 5.17. The molecule has 0 amide bonds. The highest BCUT2D eigenvalue weighted by atomic mass is 127. The van der Waals surface area contributed by atoms with Crippen molar-refractivity contribution in [1.82, 2.24) is 4.98 Å². The summed E-state index contributed by atoms with van der Waals surface area (Å²) in [5.41, 5.74) is 3.78. The van der Waals surface area contributed by atoms with Gasteiger partial charge in [0.15, 0.2) is 0 Å². The smallest absolute Gasteiger partial charge is 0.0845 e. The van der Waals surface area contributed by atoms with Crippen molar-refractivity contribution in [3.63, 3.8) is 0 Å². The van der Waals surface area contributed by atoms with Crippen LogP contribution in [0.25, 0.3) is 21.8 Å². The van der Waals surface area contributed by atoms with E-state index in [9.17, 15) is 0 Å². The number of nitrogens with one attached hydrogen (secondary N) is 1. The van der Waals surface area contributed by atoms with Crippen molar-refractivity contribution in [3.05, 3.63) is 45.5 Å². The first-order valence-corrected chi connectivity index (χ1v) is 8.23. The number of para-hydroxylation sites is 1. The molecule has 1 saturated heterocycles. The zero-order valence-electron chi connectivity index (χ0n) is 11.2. The van der Waals surface area contributed by atoms with Crippen molar-refractivity contribution in [1.29, 1.82) is 0 Å². The first-order chi connectivity index (χ1) is 9.84. The number of fused-ring (bicyclic) bond motifs is 3. The molecular formula is C17H16INO. The molecule has 2 nitrogen and oxygen atoms in total. The average molecular weight is 377 g/mol. The maximum absolute atomic E-state index is 5.99. The maximum atomic E-state index is 5.99. The minimum Gasteiger partial charge on any atom is -0.373 e. The fraction of sp³-hybridized carbons (Fsp3) is 0.294. The fourth-order valence-corrected chi connectivity index (χ4v) is 3.93. The van der Waals surface area contributed by atoms with Gasteiger partial charge in [-0.25, -0.2) is 0 Å². The molecule has 102 valence electrons. The molecule has 0 bridgehead atoms. The van der Waals surface area contributed by atoms with E-state index in [1.54, 1.807) is 0 Å². The molecular weight excluding hydrogens is 361 g/mol. The zero-order valence-corrected chi connectivity index (χ0v) is 13.3. The zero-order chi connectivity index (χ0) is 13.5. The Hall–Kier alpha value is -1.07. The van der Waals surface area contributed by atoms with Crippen LogP contribution >= 0.6 is 22.6 Å². The van der Waals surface area contributed by atoms with Gasteiger partial charge in [0.2, 0.25) is 0 Å². The number of hydrogen-bond acceptors (Lipinski definition) is 1. The molecule has 0 radical (unpaired) electrons. The Bertz CT molecular complexity index is 771. The Morgan fingerprint density at radius 3 is 2.85 bits per heavy atom. The van der Waals surface area contributed by atoms with E-state index in [1.807, 2.05) is 0 Å². The first kappa shape index (κ1) is 12.7. The molecule has 0 saturated carbocycles. The van der Waals surface area contributed by atoms with Gasteiger partial charge in [0.1, 0.15) is 0 Å². The Kier molecular flexibility index (Phi) is 3.19. The maximum Gasteiger partial charge on any atom is 0.0845 e. The van der Waals surface area contributed by atoms with Gasteiger partial charge >= 0.3 is 0 Å². The molecule has 1 aliphatic heterocycles. The minimum absolute atomic E-state index is 0.247. The molecule has 2 heterocycles. The van der Waals surface area contributed by atoms with E-state index >= 15 is 0 Å². The third kappa shape index (κ3) is 1.95. The topological polar surface area (TPSA) is 25.0 Å². The highest BCUT2D eigenvalue weighted by Crippen LogP contribution is 2.37. The standard InChI is InChI=1S/C17H16INO/c18-13-9-8-12(15-7-3-4-10-20-15)17-16(13)11-5-1-2-6-14(11)19-17/h1-2,5-6,8-9,15,19H,3-4,7,10H2. The Morgan fingerprint density at radius 1 is 1.10 bits per heavy atom. The molecule has 1 N–H and O–H groups in total. The highest BCUT2D eigenvalue weighted by molar-refractivity contribution is 14.1. The van der Waals surface area contributed by atoms with Gasteiger partial charge in [-0.3, -0.25) is 0 Å². The van der Waals surface area contributed by atoms with Crippen LogP contribution in [-0.2, 0) is 4.74 Å². The molecule has 20 heavy (non-hydrogen) atoms. The molecule has 3 aromatic rings. The summed E-state index contributed by atoms with van der Waals surface area (Å²) in [6.45, 7) is 0.887. The van der Waals surface area contributed by atoms with Gasteiger partial charge in [-0.2, -0.15) is 0 Å². The first-order valence-electron chi connectivity index (χ1n) is 7.15. The van der Waals surface area contributed by atoms with Gasteiger partial charge in [-0.1, -0.05) is 24.3 Å². The van der Waals surface area contributed by atoms with E-state index < -0.39 is 0 Å². The molecule has 1 aliphatic rings. The largest absolute Gasteiger partial charge is 0.373 e. The SMILES string of the molecule is Ic1ccc(C2CCCCO2)c2[nH]c3ccccc3c12. The number of halogens is 1. The molecule has 1 aromatic heterocycles. The lowest BCUT2D eigenvalue weighted by molar-refractivity contribution is 0.0157. The number of ether oxygens (including phenoxy) is 1. The number of benzene rings is 2. The summed E-state index contributed by atoms with van der Waals surface area (Å²) in [7, 11) is 0. The highest BCUT2D eigenvalue weighted by Gasteiger charge is 2.20. The summed E-state index contributed by atoms with van der Waals surface area (Å²) in [4.78, 5) is 3.60. The van der Waals surface area contributed by atoms with E-state index in [0.717, 1.165) is 13.0 Å². The summed E-state index contributed by atoms with van der Waals surface area (Å²) in [6.07, 6.45) is 3.83. The second-order valence-electron chi connectivity index (χ2n) is 5.41. The van der Waals surface area contributed by atoms with Gasteiger partial charge < -0.3 is 9.72 Å². The number of aromatic nitrogens is 1. The molecule has 1 unspecified atom stereocenters. The Labute approximate surface area is 131 Å². The Balaban J connectivity index is 2.00. The summed E-state index contributed by atoms with van der Waals surface area (Å²) in [5, 5.41) is 2.65. The summed E-state index contributed by atoms with van der Waals surface area (Å²) < 4.78 is 7.29. The van der Waals surface area contributed by atoms with Gasteiger partial charge in [0.05, 0.1) is 11.6 Å². The van der Waals surface area contributed by atoms with Crippen LogP contribution in [0.4, 0.5) is 0 Å². The lowest BCUT2D eigenvalue weighted by atomic mass is 9.99. The van der Waals surface area contributed by atoms with E-state index in [-0.39, 0.29) is 6.10 Å². The van der Waals surface area contributed by atoms with Crippen LogP contribution in [-0.4, -0.2) is 11.6 Å². The third-order valence-electron chi connectivity index (χ3n) is 4.17. The summed E-state index contributed by atoms with van der Waals surface area (Å²) >= 11 is 2.43. The van der Waals surface area contributed by atoms with E-state index in [2.05, 4.69) is 64.0 Å². The molecule has 1 fully saturated rings. The number of hydrogen-bond donors (Lipinski definition) is 1. The Morgan fingerprint density at radius 2 is 2.00 bits per heavy atom. The molecule has 0 spiro atoms. The fourth-order valence-electron chi connectivity index (χ4n) is 3.19. The van der Waals surface area contributed by atoms with E-state index in [4.69, 9.17) is 4.74 Å². The summed E-state index contributed by atoms with van der Waals surface area (Å²) in [5.74, 6) is 0. The van der Waals surface area contributed by atoms with Crippen molar-refractivity contribution in [3.8, 4) is 0 Å². The van der Waals surface area contributed by atoms with Crippen LogP contribution < -0.4 is 0 Å².